The van der Waals surface area contributed by atoms with E-state index in [1.54, 1.807) is 0 Å². The van der Waals surface area contributed by atoms with Crippen LogP contribution in [0.25, 0.3) is 0 Å². The zero-order valence-corrected chi connectivity index (χ0v) is 25.9. The predicted molar refractivity (Wildman–Crippen MR) is 154 cm³/mol. The Morgan fingerprint density at radius 1 is 0.892 bits per heavy atom. The summed E-state index contributed by atoms with van der Waals surface area (Å²) in [5.41, 5.74) is 2.35. The van der Waals surface area contributed by atoms with Crippen LogP contribution in [-0.2, 0) is 14.4 Å². The van der Waals surface area contributed by atoms with Crippen LogP contribution >= 0.6 is 11.8 Å². The Kier molecular flexibility index (Phi) is 9.59. The molecule has 2 aromatic rings. The molecule has 37 heavy (non-hydrogen) atoms. The molecule has 2 aromatic carbocycles. The van der Waals surface area contributed by atoms with Crippen LogP contribution < -0.4 is 4.74 Å². The van der Waals surface area contributed by atoms with Crippen molar-refractivity contribution in [3.05, 3.63) is 53.6 Å². The minimum absolute atomic E-state index is 0.0216. The van der Waals surface area contributed by atoms with Gasteiger partial charge in [-0.15, -0.1) is 11.8 Å². The van der Waals surface area contributed by atoms with Crippen molar-refractivity contribution in [2.75, 3.05) is 19.1 Å². The molecule has 204 valence electrons. The van der Waals surface area contributed by atoms with Crippen LogP contribution in [0.2, 0.25) is 16.6 Å². The van der Waals surface area contributed by atoms with E-state index in [0.29, 0.717) is 41.2 Å². The highest BCUT2D eigenvalue weighted by Gasteiger charge is 2.45. The minimum atomic E-state index is -3.97. The van der Waals surface area contributed by atoms with Gasteiger partial charge in [0.25, 0.3) is 15.9 Å². The molecule has 1 aliphatic rings. The molecule has 0 atom stereocenters. The van der Waals surface area contributed by atoms with Gasteiger partial charge in [-0.25, -0.2) is 12.7 Å². The Morgan fingerprint density at radius 2 is 1.49 bits per heavy atom. The predicted octanol–water partition coefficient (Wildman–Crippen LogP) is 7.28. The fourth-order valence-electron chi connectivity index (χ4n) is 5.59. The van der Waals surface area contributed by atoms with Gasteiger partial charge >= 0.3 is 0 Å². The minimum Gasteiger partial charge on any atom is -0.491 e. The lowest BCUT2D eigenvalue weighted by Gasteiger charge is -2.42. The van der Waals surface area contributed by atoms with E-state index >= 15 is 0 Å². The first-order chi connectivity index (χ1) is 17.3. The Hall–Kier alpha value is -1.81. The number of hydrogen-bond acceptors (Lipinski definition) is 6. The van der Waals surface area contributed by atoms with Gasteiger partial charge in [-0.3, -0.25) is 4.79 Å². The van der Waals surface area contributed by atoms with Gasteiger partial charge in [-0.2, -0.15) is 0 Å². The fraction of sp³-hybridized carbons (Fsp3) is 0.536. The smallest absolute Gasteiger partial charge is 0.270 e. The third-order valence-electron chi connectivity index (χ3n) is 7.24. The summed E-state index contributed by atoms with van der Waals surface area (Å²) in [6.07, 6.45) is 0. The molecule has 0 spiro atoms. The number of thioether (sulfide) groups is 1. The summed E-state index contributed by atoms with van der Waals surface area (Å²) in [6, 6.07) is 12.8. The van der Waals surface area contributed by atoms with E-state index in [1.165, 1.54) is 17.8 Å². The van der Waals surface area contributed by atoms with Crippen LogP contribution in [-0.4, -0.2) is 46.0 Å². The molecule has 0 aromatic heterocycles. The van der Waals surface area contributed by atoms with E-state index in [-0.39, 0.29) is 22.3 Å². The molecular weight excluding hydrogens is 523 g/mol. The number of sulfonamides is 1. The summed E-state index contributed by atoms with van der Waals surface area (Å²) in [6.45, 7) is 18.1. The molecule has 1 heterocycles. The lowest BCUT2D eigenvalue weighted by molar-refractivity contribution is 0.0885. The van der Waals surface area contributed by atoms with E-state index in [2.05, 4.69) is 41.5 Å². The Labute approximate surface area is 228 Å². The molecule has 9 heteroatoms. The van der Waals surface area contributed by atoms with Crippen LogP contribution in [0.3, 0.4) is 0 Å². The number of carbonyl (C=O) groups is 1. The molecule has 0 saturated heterocycles. The number of fused-ring (bicyclic) bond motifs is 1. The number of ether oxygens (including phenoxy) is 1. The van der Waals surface area contributed by atoms with Gasteiger partial charge in [0.15, 0.2) is 8.32 Å². The standard InChI is InChI=1S/C28H41NO5S2Si/c1-19(2)25-16-23(33-14-15-34-37(20(3)4,21(5)6)22(7)8)17-26-27(25)28(30)29(36(26,31)32)18-35-24-12-10-9-11-13-24/h9-13,16-17,19-22H,14-15,18H2,1-8H3. The highest BCUT2D eigenvalue weighted by Crippen LogP contribution is 2.43. The topological polar surface area (TPSA) is 72.9 Å². The van der Waals surface area contributed by atoms with Crippen LogP contribution in [0.1, 0.15) is 77.2 Å². The third kappa shape index (κ3) is 5.94. The molecule has 6 nitrogen and oxygen atoms in total. The highest BCUT2D eigenvalue weighted by molar-refractivity contribution is 8.00. The van der Waals surface area contributed by atoms with Crippen molar-refractivity contribution < 1.29 is 22.4 Å². The normalized spacial score (nSPS) is 15.4. The second-order valence-electron chi connectivity index (χ2n) is 10.8. The molecule has 0 radical (unpaired) electrons. The summed E-state index contributed by atoms with van der Waals surface area (Å²) in [4.78, 5) is 14.2. The SMILES string of the molecule is CC(C)c1cc(OCCO[Si](C(C)C)(C(C)C)C(C)C)cc2c1C(=O)N(CSc1ccccc1)S2(=O)=O. The third-order valence-corrected chi connectivity index (χ3v) is 16.3. The number of carbonyl (C=O) groups excluding carboxylic acids is 1. The molecule has 0 N–H and O–H groups in total. The van der Waals surface area contributed by atoms with Crippen LogP contribution in [0.4, 0.5) is 0 Å². The van der Waals surface area contributed by atoms with Gasteiger partial charge < -0.3 is 9.16 Å². The van der Waals surface area contributed by atoms with Crippen molar-refractivity contribution in [1.29, 1.82) is 0 Å². The largest absolute Gasteiger partial charge is 0.491 e. The second kappa shape index (κ2) is 11.9. The number of hydrogen-bond donors (Lipinski definition) is 0. The first-order valence-electron chi connectivity index (χ1n) is 13.0. The van der Waals surface area contributed by atoms with Crippen molar-refractivity contribution in [2.24, 2.45) is 0 Å². The van der Waals surface area contributed by atoms with Gasteiger partial charge in [0, 0.05) is 11.0 Å². The summed E-state index contributed by atoms with van der Waals surface area (Å²) >= 11 is 1.32. The summed E-state index contributed by atoms with van der Waals surface area (Å²) < 4.78 is 40.5. The van der Waals surface area contributed by atoms with E-state index in [9.17, 15) is 13.2 Å². The highest BCUT2D eigenvalue weighted by atomic mass is 32.2. The maximum absolute atomic E-state index is 13.4. The molecule has 0 unspecified atom stereocenters. The molecule has 1 amide bonds. The summed E-state index contributed by atoms with van der Waals surface area (Å²) in [5, 5.41) is 0. The second-order valence-corrected chi connectivity index (χ2v) is 19.1. The van der Waals surface area contributed by atoms with E-state index in [0.717, 1.165) is 9.20 Å². The quantitative estimate of drug-likeness (QED) is 0.154. The van der Waals surface area contributed by atoms with Crippen molar-refractivity contribution in [3.8, 4) is 5.75 Å². The lowest BCUT2D eigenvalue weighted by Crippen LogP contribution is -2.48. The average Bonchev–Trinajstić information content (AvgIpc) is 3.01. The number of rotatable bonds is 12. The van der Waals surface area contributed by atoms with Crippen LogP contribution in [0.15, 0.2) is 52.3 Å². The molecule has 0 fully saturated rings. The molecule has 0 bridgehead atoms. The molecule has 3 rings (SSSR count). The van der Waals surface area contributed by atoms with Gasteiger partial charge in [-0.1, -0.05) is 73.6 Å². The number of amides is 1. The maximum Gasteiger partial charge on any atom is 0.270 e. The van der Waals surface area contributed by atoms with Crippen LogP contribution in [0.5, 0.6) is 5.75 Å². The Bertz CT molecular complexity index is 1170. The Balaban J connectivity index is 1.81. The van der Waals surface area contributed by atoms with E-state index in [4.69, 9.17) is 9.16 Å². The summed E-state index contributed by atoms with van der Waals surface area (Å²) in [7, 11) is -5.99. The number of benzene rings is 2. The number of nitrogens with zero attached hydrogens (tertiary/aromatic N) is 1. The van der Waals surface area contributed by atoms with E-state index < -0.39 is 24.2 Å². The zero-order valence-electron chi connectivity index (χ0n) is 23.3. The molecular formula is C28H41NO5S2Si. The van der Waals surface area contributed by atoms with Crippen molar-refractivity contribution in [3.63, 3.8) is 0 Å². The maximum atomic E-state index is 13.4. The van der Waals surface area contributed by atoms with Crippen molar-refractivity contribution in [1.82, 2.24) is 4.31 Å². The van der Waals surface area contributed by atoms with Crippen molar-refractivity contribution in [2.45, 2.75) is 87.7 Å². The van der Waals surface area contributed by atoms with E-state index in [1.807, 2.05) is 50.2 Å². The molecule has 0 aliphatic carbocycles. The Morgan fingerprint density at radius 3 is 2.03 bits per heavy atom. The first kappa shape index (κ1) is 29.7. The first-order valence-corrected chi connectivity index (χ1v) is 17.6. The fourth-order valence-corrected chi connectivity index (χ4v) is 13.7. The lowest BCUT2D eigenvalue weighted by atomic mass is 9.96. The van der Waals surface area contributed by atoms with Crippen LogP contribution in [0, 0.1) is 0 Å². The van der Waals surface area contributed by atoms with Crippen molar-refractivity contribution >= 4 is 36.0 Å². The van der Waals surface area contributed by atoms with Gasteiger partial charge in [0.05, 0.1) is 18.0 Å². The molecule has 1 aliphatic heterocycles. The van der Waals surface area contributed by atoms with Gasteiger partial charge in [-0.05, 0) is 46.3 Å². The summed E-state index contributed by atoms with van der Waals surface area (Å²) in [5.74, 6) is -0.0462. The monoisotopic (exact) mass is 563 g/mol. The zero-order chi connectivity index (χ0) is 27.5. The average molecular weight is 564 g/mol. The van der Waals surface area contributed by atoms with Gasteiger partial charge in [0.1, 0.15) is 17.3 Å². The molecule has 0 saturated carbocycles. The van der Waals surface area contributed by atoms with Gasteiger partial charge in [0.2, 0.25) is 0 Å².